The first-order valence-corrected chi connectivity index (χ1v) is 11.7. The standard InChI is InChI=1S/C22H33O4P/c1-14-11-16(26-27(23,24)25)12-15-13-18-21(4)9-6-8-20(2,3)17(21)7-10-22(18,5)19(14)15/h11-12,17-18H,6-10,13H2,1-5H3,(H2,23,24,25)/p-2/t17?,18-,21+,22-/m1/s1. The quantitative estimate of drug-likeness (QED) is 0.708. The maximum Gasteiger partial charge on any atom is 0.124 e. The van der Waals surface area contributed by atoms with Crippen LogP contribution in [0.15, 0.2) is 12.1 Å². The molecule has 1 aromatic rings. The molecule has 0 aliphatic heterocycles. The Morgan fingerprint density at radius 2 is 1.78 bits per heavy atom. The number of hydrogen-bond acceptors (Lipinski definition) is 4. The van der Waals surface area contributed by atoms with Gasteiger partial charge in [0.2, 0.25) is 0 Å². The van der Waals surface area contributed by atoms with E-state index in [0.29, 0.717) is 16.7 Å². The molecule has 2 saturated carbocycles. The summed E-state index contributed by atoms with van der Waals surface area (Å²) < 4.78 is 15.8. The molecule has 0 heterocycles. The third kappa shape index (κ3) is 2.91. The van der Waals surface area contributed by atoms with Gasteiger partial charge in [0.25, 0.3) is 0 Å². The normalized spacial score (nSPS) is 37.3. The minimum absolute atomic E-state index is 0.120. The molecule has 3 aliphatic carbocycles. The molecule has 4 nitrogen and oxygen atoms in total. The zero-order chi connectivity index (χ0) is 19.8. The van der Waals surface area contributed by atoms with Gasteiger partial charge in [0.15, 0.2) is 0 Å². The lowest BCUT2D eigenvalue weighted by molar-refractivity contribution is -0.333. The van der Waals surface area contributed by atoms with Gasteiger partial charge in [-0.1, -0.05) is 34.1 Å². The maximum atomic E-state index is 11.1. The van der Waals surface area contributed by atoms with Gasteiger partial charge in [-0.3, -0.25) is 0 Å². The highest BCUT2D eigenvalue weighted by atomic mass is 31.2. The number of rotatable bonds is 2. The zero-order valence-electron chi connectivity index (χ0n) is 17.1. The molecule has 0 N–H and O–H groups in total. The fraction of sp³-hybridized carbons (Fsp3) is 0.727. The lowest BCUT2D eigenvalue weighted by Crippen LogP contribution is -2.55. The Balaban J connectivity index is 1.77. The van der Waals surface area contributed by atoms with Crippen molar-refractivity contribution in [3.05, 3.63) is 28.8 Å². The van der Waals surface area contributed by atoms with Gasteiger partial charge in [0, 0.05) is 0 Å². The van der Waals surface area contributed by atoms with E-state index in [4.69, 9.17) is 4.52 Å². The molecule has 150 valence electrons. The second-order valence-electron chi connectivity index (χ2n) is 10.4. The summed E-state index contributed by atoms with van der Waals surface area (Å²) in [5, 5.41) is 0. The van der Waals surface area contributed by atoms with Crippen LogP contribution in [0.1, 0.15) is 76.5 Å². The first kappa shape index (κ1) is 19.5. The summed E-state index contributed by atoms with van der Waals surface area (Å²) in [5.41, 5.74) is 4.40. The largest absolute Gasteiger partial charge is 0.780 e. The summed E-state index contributed by atoms with van der Waals surface area (Å²) in [6.07, 6.45) is 7.25. The average Bonchev–Trinajstić information content (AvgIpc) is 2.79. The number of phosphoric ester groups is 1. The Morgan fingerprint density at radius 3 is 2.44 bits per heavy atom. The fourth-order valence-corrected chi connectivity index (χ4v) is 7.98. The van der Waals surface area contributed by atoms with Crippen molar-refractivity contribution in [2.24, 2.45) is 22.7 Å². The Kier molecular flexibility index (Phi) is 4.22. The van der Waals surface area contributed by atoms with Crippen LogP contribution in [0.5, 0.6) is 5.75 Å². The van der Waals surface area contributed by atoms with Crippen molar-refractivity contribution in [2.75, 3.05) is 0 Å². The number of aryl methyl sites for hydroxylation is 1. The molecule has 1 unspecified atom stereocenters. The van der Waals surface area contributed by atoms with Gasteiger partial charge in [-0.15, -0.1) is 0 Å². The van der Waals surface area contributed by atoms with E-state index >= 15 is 0 Å². The molecule has 27 heavy (non-hydrogen) atoms. The maximum absolute atomic E-state index is 11.1. The van der Waals surface area contributed by atoms with E-state index in [1.165, 1.54) is 43.2 Å². The van der Waals surface area contributed by atoms with Crippen LogP contribution in [0.25, 0.3) is 0 Å². The molecule has 0 bridgehead atoms. The fourth-order valence-electron chi connectivity index (χ4n) is 7.61. The Bertz CT molecular complexity index is 826. The molecular formula is C22H31O4P-2. The predicted molar refractivity (Wildman–Crippen MR) is 102 cm³/mol. The molecule has 0 saturated heterocycles. The van der Waals surface area contributed by atoms with Gasteiger partial charge >= 0.3 is 0 Å². The van der Waals surface area contributed by atoms with Crippen molar-refractivity contribution in [1.82, 2.24) is 0 Å². The van der Waals surface area contributed by atoms with Crippen LogP contribution >= 0.6 is 7.82 Å². The Hall–Kier alpha value is -0.830. The number of phosphoric acid groups is 1. The molecule has 0 amide bonds. The summed E-state index contributed by atoms with van der Waals surface area (Å²) in [4.78, 5) is 22.2. The average molecular weight is 390 g/mol. The number of hydrogen-bond donors (Lipinski definition) is 0. The van der Waals surface area contributed by atoms with Crippen LogP contribution in [0.2, 0.25) is 0 Å². The first-order chi connectivity index (χ1) is 12.4. The van der Waals surface area contributed by atoms with Crippen LogP contribution < -0.4 is 14.3 Å². The van der Waals surface area contributed by atoms with E-state index in [1.807, 2.05) is 6.92 Å². The monoisotopic (exact) mass is 390 g/mol. The van der Waals surface area contributed by atoms with E-state index in [1.54, 1.807) is 12.1 Å². The summed E-state index contributed by atoms with van der Waals surface area (Å²) >= 11 is 0. The summed E-state index contributed by atoms with van der Waals surface area (Å²) in [6, 6.07) is 3.54. The van der Waals surface area contributed by atoms with Gasteiger partial charge in [0.1, 0.15) is 13.6 Å². The highest BCUT2D eigenvalue weighted by Crippen LogP contribution is 2.68. The lowest BCUT2D eigenvalue weighted by atomic mass is 9.43. The van der Waals surface area contributed by atoms with E-state index in [9.17, 15) is 14.4 Å². The van der Waals surface area contributed by atoms with Crippen LogP contribution in [-0.2, 0) is 16.4 Å². The minimum Gasteiger partial charge on any atom is -0.780 e. The molecule has 0 radical (unpaired) electrons. The van der Waals surface area contributed by atoms with Crippen LogP contribution in [0.4, 0.5) is 0 Å². The highest BCUT2D eigenvalue weighted by Gasteiger charge is 2.61. The molecule has 0 aromatic heterocycles. The Morgan fingerprint density at radius 1 is 1.07 bits per heavy atom. The Labute approximate surface area is 163 Å². The smallest absolute Gasteiger partial charge is 0.124 e. The minimum atomic E-state index is -5.04. The van der Waals surface area contributed by atoms with Crippen LogP contribution in [0.3, 0.4) is 0 Å². The zero-order valence-corrected chi connectivity index (χ0v) is 18.0. The van der Waals surface area contributed by atoms with Crippen molar-refractivity contribution >= 4 is 7.82 Å². The summed E-state index contributed by atoms with van der Waals surface area (Å²) in [6.45, 7) is 11.8. The second-order valence-corrected chi connectivity index (χ2v) is 11.5. The lowest BCUT2D eigenvalue weighted by Gasteiger charge is -2.61. The van der Waals surface area contributed by atoms with Crippen LogP contribution in [-0.4, -0.2) is 0 Å². The molecule has 2 fully saturated rings. The molecule has 1 aromatic carbocycles. The third-order valence-corrected chi connectivity index (χ3v) is 8.83. The van der Waals surface area contributed by atoms with Crippen molar-refractivity contribution in [3.8, 4) is 5.75 Å². The number of benzene rings is 1. The van der Waals surface area contributed by atoms with Gasteiger partial charge in [-0.25, -0.2) is 0 Å². The highest BCUT2D eigenvalue weighted by molar-refractivity contribution is 7.43. The molecule has 0 spiro atoms. The number of fused-ring (bicyclic) bond motifs is 5. The SMILES string of the molecule is Cc1cc(OP(=O)([O-])[O-])cc2c1[C@]1(C)CCC3C(C)(C)CCC[C@]3(C)[C@H]1C2. The molecule has 4 rings (SSSR count). The van der Waals surface area contributed by atoms with Crippen molar-refractivity contribution in [1.29, 1.82) is 0 Å². The summed E-state index contributed by atoms with van der Waals surface area (Å²) in [5.74, 6) is 1.46. The topological polar surface area (TPSA) is 72.4 Å². The van der Waals surface area contributed by atoms with E-state index in [2.05, 4.69) is 27.7 Å². The van der Waals surface area contributed by atoms with Crippen molar-refractivity contribution < 1.29 is 18.9 Å². The van der Waals surface area contributed by atoms with Gasteiger partial charge in [-0.05, 0) is 95.9 Å². The first-order valence-electron chi connectivity index (χ1n) is 10.2. The molecular weight excluding hydrogens is 359 g/mol. The summed E-state index contributed by atoms with van der Waals surface area (Å²) in [7, 11) is -5.04. The molecule has 5 heteroatoms. The van der Waals surface area contributed by atoms with Gasteiger partial charge < -0.3 is 18.9 Å². The van der Waals surface area contributed by atoms with Crippen molar-refractivity contribution in [3.63, 3.8) is 0 Å². The second kappa shape index (κ2) is 5.84. The van der Waals surface area contributed by atoms with E-state index in [-0.39, 0.29) is 11.2 Å². The van der Waals surface area contributed by atoms with E-state index in [0.717, 1.165) is 17.9 Å². The predicted octanol–water partition coefficient (Wildman–Crippen LogP) is 4.26. The molecule has 3 aliphatic rings. The van der Waals surface area contributed by atoms with Crippen LogP contribution in [0, 0.1) is 29.6 Å². The van der Waals surface area contributed by atoms with E-state index < -0.39 is 7.82 Å². The van der Waals surface area contributed by atoms with Gasteiger partial charge in [-0.2, -0.15) is 0 Å². The van der Waals surface area contributed by atoms with Gasteiger partial charge in [0.05, 0.1) is 0 Å². The molecule has 4 atom stereocenters. The third-order valence-electron chi connectivity index (χ3n) is 8.40. The van der Waals surface area contributed by atoms with Crippen molar-refractivity contribution in [2.45, 2.75) is 78.6 Å².